The molecule has 0 saturated carbocycles. The van der Waals surface area contributed by atoms with Gasteiger partial charge >= 0.3 is 5.97 Å². The summed E-state index contributed by atoms with van der Waals surface area (Å²) < 4.78 is 17.8. The summed E-state index contributed by atoms with van der Waals surface area (Å²) in [5.41, 5.74) is 2.52. The fourth-order valence-electron chi connectivity index (χ4n) is 3.70. The van der Waals surface area contributed by atoms with Crippen LogP contribution in [-0.2, 0) is 4.79 Å². The Hall–Kier alpha value is -4.60. The second-order valence-corrected chi connectivity index (χ2v) is 7.23. The number of aromatic amines is 1. The minimum Gasteiger partial charge on any atom is -0.494 e. The topological polar surface area (TPSA) is 132 Å². The zero-order chi connectivity index (χ0) is 23.1. The number of nitrogens with one attached hydrogen (secondary N) is 1. The number of rotatable bonds is 6. The second-order valence-electron chi connectivity index (χ2n) is 7.23. The molecule has 0 aliphatic rings. The van der Waals surface area contributed by atoms with E-state index in [-0.39, 0.29) is 17.3 Å². The SMILES string of the molecule is COc1cccc2oc(-c3c(C)nc4c(-c5ccccc5)c(OCC(=O)O)[nH]n4c3=O)nc12. The van der Waals surface area contributed by atoms with Crippen molar-refractivity contribution < 1.29 is 23.8 Å². The van der Waals surface area contributed by atoms with E-state index in [9.17, 15) is 9.59 Å². The van der Waals surface area contributed by atoms with Crippen LogP contribution in [0, 0.1) is 6.92 Å². The largest absolute Gasteiger partial charge is 0.494 e. The lowest BCUT2D eigenvalue weighted by Gasteiger charge is -2.05. The molecule has 0 spiro atoms. The number of ether oxygens (including phenoxy) is 2. The van der Waals surface area contributed by atoms with Gasteiger partial charge in [-0.25, -0.2) is 14.8 Å². The first-order chi connectivity index (χ1) is 16.0. The number of nitrogens with zero attached hydrogens (tertiary/aromatic N) is 3. The first kappa shape index (κ1) is 20.3. The molecular formula is C23H18N4O6. The number of hydrogen-bond acceptors (Lipinski definition) is 7. The highest BCUT2D eigenvalue weighted by Crippen LogP contribution is 2.34. The van der Waals surface area contributed by atoms with E-state index in [0.717, 1.165) is 0 Å². The van der Waals surface area contributed by atoms with E-state index in [4.69, 9.17) is 19.0 Å². The van der Waals surface area contributed by atoms with Crippen LogP contribution in [0.15, 0.2) is 57.7 Å². The van der Waals surface area contributed by atoms with Crippen LogP contribution in [0.4, 0.5) is 0 Å². The smallest absolute Gasteiger partial charge is 0.341 e. The molecule has 0 saturated heterocycles. The van der Waals surface area contributed by atoms with Gasteiger partial charge < -0.3 is 19.0 Å². The standard InChI is InChI=1S/C23H18N4O6/c1-12-17(21-25-19-14(31-2)9-6-10-15(19)33-21)23(30)27-20(24-12)18(13-7-4-3-5-8-13)22(26-27)32-11-16(28)29/h3-10,26H,11H2,1-2H3,(H,28,29). The number of aromatic nitrogens is 4. The minimum atomic E-state index is -1.15. The average Bonchev–Trinajstić information content (AvgIpc) is 3.39. The number of hydrogen-bond donors (Lipinski definition) is 2. The van der Waals surface area contributed by atoms with Gasteiger partial charge in [-0.3, -0.25) is 9.89 Å². The van der Waals surface area contributed by atoms with Crippen molar-refractivity contribution in [2.24, 2.45) is 0 Å². The normalized spacial score (nSPS) is 11.2. The summed E-state index contributed by atoms with van der Waals surface area (Å²) in [6.07, 6.45) is 0. The third-order valence-corrected chi connectivity index (χ3v) is 5.15. The van der Waals surface area contributed by atoms with Crippen LogP contribution in [0.3, 0.4) is 0 Å². The molecular weight excluding hydrogens is 428 g/mol. The quantitative estimate of drug-likeness (QED) is 0.406. The van der Waals surface area contributed by atoms with Crippen molar-refractivity contribution >= 4 is 22.7 Å². The lowest BCUT2D eigenvalue weighted by Crippen LogP contribution is -2.19. The fourth-order valence-corrected chi connectivity index (χ4v) is 3.70. The molecule has 5 rings (SSSR count). The van der Waals surface area contributed by atoms with Crippen LogP contribution in [0.25, 0.3) is 39.3 Å². The van der Waals surface area contributed by atoms with E-state index in [1.54, 1.807) is 25.1 Å². The molecule has 0 fully saturated rings. The molecule has 5 aromatic rings. The Morgan fingerprint density at radius 3 is 2.64 bits per heavy atom. The molecule has 10 heteroatoms. The molecule has 0 aliphatic carbocycles. The first-order valence-corrected chi connectivity index (χ1v) is 9.97. The molecule has 0 atom stereocenters. The maximum Gasteiger partial charge on any atom is 0.341 e. The van der Waals surface area contributed by atoms with Gasteiger partial charge in [-0.15, -0.1) is 0 Å². The molecule has 10 nitrogen and oxygen atoms in total. The van der Waals surface area contributed by atoms with Gasteiger partial charge in [0.15, 0.2) is 23.4 Å². The number of benzene rings is 2. The van der Waals surface area contributed by atoms with E-state index < -0.39 is 18.1 Å². The second kappa shape index (κ2) is 7.83. The Balaban J connectivity index is 1.75. The van der Waals surface area contributed by atoms with Crippen molar-refractivity contribution in [3.8, 4) is 34.2 Å². The van der Waals surface area contributed by atoms with Crippen LogP contribution in [0.1, 0.15) is 5.69 Å². The highest BCUT2D eigenvalue weighted by molar-refractivity contribution is 5.85. The third-order valence-electron chi connectivity index (χ3n) is 5.15. The van der Waals surface area contributed by atoms with Gasteiger partial charge in [0, 0.05) is 0 Å². The van der Waals surface area contributed by atoms with Gasteiger partial charge in [-0.1, -0.05) is 36.4 Å². The van der Waals surface area contributed by atoms with E-state index in [2.05, 4.69) is 15.1 Å². The van der Waals surface area contributed by atoms with Crippen LogP contribution in [0.5, 0.6) is 11.6 Å². The van der Waals surface area contributed by atoms with Gasteiger partial charge in [0.2, 0.25) is 11.8 Å². The number of aryl methyl sites for hydroxylation is 1. The Morgan fingerprint density at radius 2 is 1.91 bits per heavy atom. The van der Waals surface area contributed by atoms with E-state index in [1.165, 1.54) is 11.6 Å². The summed E-state index contributed by atoms with van der Waals surface area (Å²) in [5, 5.41) is 11.9. The fraction of sp³-hybridized carbons (Fsp3) is 0.130. The van der Waals surface area contributed by atoms with Crippen molar-refractivity contribution in [1.82, 2.24) is 19.6 Å². The average molecular weight is 446 g/mol. The molecule has 0 radical (unpaired) electrons. The summed E-state index contributed by atoms with van der Waals surface area (Å²) in [6.45, 7) is 1.10. The molecule has 166 valence electrons. The Morgan fingerprint density at radius 1 is 1.12 bits per heavy atom. The molecule has 0 aliphatic heterocycles. The zero-order valence-corrected chi connectivity index (χ0v) is 17.7. The molecule has 3 aromatic heterocycles. The maximum absolute atomic E-state index is 13.5. The first-order valence-electron chi connectivity index (χ1n) is 9.97. The van der Waals surface area contributed by atoms with Crippen LogP contribution in [0.2, 0.25) is 0 Å². The maximum atomic E-state index is 13.5. The van der Waals surface area contributed by atoms with Crippen molar-refractivity contribution in [3.05, 3.63) is 64.6 Å². The monoisotopic (exact) mass is 446 g/mol. The molecule has 2 aromatic carbocycles. The minimum absolute atomic E-state index is 0.0998. The molecule has 0 unspecified atom stereocenters. The molecule has 0 amide bonds. The number of oxazole rings is 1. The predicted molar refractivity (Wildman–Crippen MR) is 119 cm³/mol. The van der Waals surface area contributed by atoms with Crippen molar-refractivity contribution in [2.75, 3.05) is 13.7 Å². The number of carbonyl (C=O) groups is 1. The van der Waals surface area contributed by atoms with Crippen molar-refractivity contribution in [2.45, 2.75) is 6.92 Å². The molecule has 33 heavy (non-hydrogen) atoms. The Bertz CT molecular complexity index is 1570. The number of carboxylic acids is 1. The number of para-hydroxylation sites is 1. The lowest BCUT2D eigenvalue weighted by molar-refractivity contribution is -0.139. The van der Waals surface area contributed by atoms with E-state index >= 15 is 0 Å². The van der Waals surface area contributed by atoms with Gasteiger partial charge in [0.05, 0.1) is 18.4 Å². The van der Waals surface area contributed by atoms with E-state index in [0.29, 0.717) is 39.3 Å². The molecule has 2 N–H and O–H groups in total. The van der Waals surface area contributed by atoms with Gasteiger partial charge in [0.25, 0.3) is 5.56 Å². The summed E-state index contributed by atoms with van der Waals surface area (Å²) in [7, 11) is 1.53. The van der Waals surface area contributed by atoms with Gasteiger partial charge in [-0.05, 0) is 24.6 Å². The number of aliphatic carboxylic acids is 1. The summed E-state index contributed by atoms with van der Waals surface area (Å²) in [6, 6.07) is 14.4. The van der Waals surface area contributed by atoms with Gasteiger partial charge in [0.1, 0.15) is 11.3 Å². The zero-order valence-electron chi connectivity index (χ0n) is 17.7. The summed E-state index contributed by atoms with van der Waals surface area (Å²) in [5.74, 6) is -0.415. The van der Waals surface area contributed by atoms with Crippen molar-refractivity contribution in [1.29, 1.82) is 0 Å². The summed E-state index contributed by atoms with van der Waals surface area (Å²) in [4.78, 5) is 33.7. The number of carboxylic acid groups (broad SMARTS) is 1. The van der Waals surface area contributed by atoms with Gasteiger partial charge in [-0.2, -0.15) is 4.52 Å². The lowest BCUT2D eigenvalue weighted by atomic mass is 10.1. The highest BCUT2D eigenvalue weighted by Gasteiger charge is 2.24. The molecule has 0 bridgehead atoms. The molecule has 3 heterocycles. The number of methoxy groups -OCH3 is 1. The third kappa shape index (κ3) is 3.37. The number of H-pyrrole nitrogens is 1. The van der Waals surface area contributed by atoms with Crippen molar-refractivity contribution in [3.63, 3.8) is 0 Å². The van der Waals surface area contributed by atoms with Crippen LogP contribution < -0.4 is 15.0 Å². The number of fused-ring (bicyclic) bond motifs is 2. The van der Waals surface area contributed by atoms with Crippen LogP contribution in [-0.4, -0.2) is 44.4 Å². The van der Waals surface area contributed by atoms with Crippen LogP contribution >= 0.6 is 0 Å². The van der Waals surface area contributed by atoms with E-state index in [1.807, 2.05) is 30.3 Å². The Labute approximate surface area is 186 Å². The highest BCUT2D eigenvalue weighted by atomic mass is 16.5. The predicted octanol–water partition coefficient (Wildman–Crippen LogP) is 3.28. The summed E-state index contributed by atoms with van der Waals surface area (Å²) >= 11 is 0. The Kier molecular flexibility index (Phi) is 4.82.